The van der Waals surface area contributed by atoms with Crippen LogP contribution in [-0.2, 0) is 10.0 Å². The number of rotatable bonds is 6. The Balaban J connectivity index is 1.48. The Labute approximate surface area is 167 Å². The maximum Gasteiger partial charge on any atom is 0.271 e. The average molecular weight is 409 g/mol. The van der Waals surface area contributed by atoms with E-state index in [1.165, 1.54) is 17.7 Å². The van der Waals surface area contributed by atoms with Crippen LogP contribution < -0.4 is 10.0 Å². The second-order valence-electron chi connectivity index (χ2n) is 5.89. The molecule has 2 aromatic carbocycles. The van der Waals surface area contributed by atoms with Crippen LogP contribution in [0.1, 0.15) is 0 Å². The zero-order chi connectivity index (χ0) is 19.4. The van der Waals surface area contributed by atoms with E-state index in [0.29, 0.717) is 11.5 Å². The van der Waals surface area contributed by atoms with Gasteiger partial charge in [0.25, 0.3) is 10.0 Å². The van der Waals surface area contributed by atoms with Gasteiger partial charge in [-0.1, -0.05) is 36.4 Å². The van der Waals surface area contributed by atoms with E-state index in [1.54, 1.807) is 41.8 Å². The van der Waals surface area contributed by atoms with Crippen molar-refractivity contribution in [3.8, 4) is 11.3 Å². The van der Waals surface area contributed by atoms with E-state index in [9.17, 15) is 8.42 Å². The second kappa shape index (κ2) is 7.79. The highest BCUT2D eigenvalue weighted by Gasteiger charge is 2.14. The molecular formula is C20H16N4O2S2. The van der Waals surface area contributed by atoms with E-state index < -0.39 is 10.0 Å². The van der Waals surface area contributed by atoms with Gasteiger partial charge in [0.15, 0.2) is 0 Å². The topological polar surface area (TPSA) is 84.0 Å². The summed E-state index contributed by atoms with van der Waals surface area (Å²) in [6, 6.07) is 22.0. The first-order valence-electron chi connectivity index (χ1n) is 8.41. The van der Waals surface area contributed by atoms with E-state index >= 15 is 0 Å². The van der Waals surface area contributed by atoms with Crippen molar-refractivity contribution in [2.24, 2.45) is 0 Å². The number of anilines is 3. The number of hydrogen-bond acceptors (Lipinski definition) is 6. The minimum Gasteiger partial charge on any atom is -0.340 e. The van der Waals surface area contributed by atoms with Gasteiger partial charge >= 0.3 is 0 Å². The molecule has 2 N–H and O–H groups in total. The molecule has 4 rings (SSSR count). The molecule has 4 aromatic rings. The Morgan fingerprint density at radius 1 is 0.821 bits per heavy atom. The van der Waals surface area contributed by atoms with Gasteiger partial charge in [0, 0.05) is 23.0 Å². The maximum atomic E-state index is 12.3. The Hall–Kier alpha value is -3.23. The number of thiophene rings is 1. The largest absolute Gasteiger partial charge is 0.340 e. The monoisotopic (exact) mass is 408 g/mol. The number of hydrogen-bond donors (Lipinski definition) is 2. The Bertz CT molecular complexity index is 1160. The van der Waals surface area contributed by atoms with Crippen molar-refractivity contribution in [2.45, 2.75) is 4.21 Å². The van der Waals surface area contributed by atoms with E-state index in [1.807, 2.05) is 36.4 Å². The number of nitrogens with one attached hydrogen (secondary N) is 2. The van der Waals surface area contributed by atoms with Crippen molar-refractivity contribution >= 4 is 38.6 Å². The van der Waals surface area contributed by atoms with Crippen LogP contribution in [0.15, 0.2) is 88.7 Å². The standard InChI is InChI=1S/C20H16N4O2S2/c25-28(26,20-7-4-12-27-20)24-17-10-8-16(9-11-17)23-19-13-18(21-14-22-19)15-5-2-1-3-6-15/h1-14,24H,(H,21,22,23). The third kappa shape index (κ3) is 4.19. The summed E-state index contributed by atoms with van der Waals surface area (Å²) >= 11 is 1.18. The lowest BCUT2D eigenvalue weighted by molar-refractivity contribution is 0.603. The molecule has 0 aliphatic rings. The van der Waals surface area contributed by atoms with Crippen molar-refractivity contribution in [1.29, 1.82) is 0 Å². The summed E-state index contributed by atoms with van der Waals surface area (Å²) in [5.41, 5.74) is 3.10. The molecule has 0 amide bonds. The fraction of sp³-hybridized carbons (Fsp3) is 0. The van der Waals surface area contributed by atoms with Crippen molar-refractivity contribution in [2.75, 3.05) is 10.0 Å². The van der Waals surface area contributed by atoms with Crippen LogP contribution >= 0.6 is 11.3 Å². The van der Waals surface area contributed by atoms with Gasteiger partial charge in [-0.15, -0.1) is 11.3 Å². The first-order chi connectivity index (χ1) is 13.6. The molecule has 2 heterocycles. The van der Waals surface area contributed by atoms with Crippen molar-refractivity contribution in [3.05, 3.63) is 84.5 Å². The van der Waals surface area contributed by atoms with Gasteiger partial charge in [-0.05, 0) is 35.7 Å². The summed E-state index contributed by atoms with van der Waals surface area (Å²) in [6.45, 7) is 0. The van der Waals surface area contributed by atoms with Crippen molar-refractivity contribution in [1.82, 2.24) is 9.97 Å². The van der Waals surface area contributed by atoms with Gasteiger partial charge < -0.3 is 5.32 Å². The first-order valence-corrected chi connectivity index (χ1v) is 10.8. The normalized spacial score (nSPS) is 11.1. The fourth-order valence-corrected chi connectivity index (χ4v) is 4.64. The third-order valence-corrected chi connectivity index (χ3v) is 6.68. The van der Waals surface area contributed by atoms with Gasteiger partial charge in [0.1, 0.15) is 16.4 Å². The van der Waals surface area contributed by atoms with Crippen molar-refractivity contribution in [3.63, 3.8) is 0 Å². The number of aromatic nitrogens is 2. The highest BCUT2D eigenvalue weighted by atomic mass is 32.2. The zero-order valence-corrected chi connectivity index (χ0v) is 16.2. The molecule has 6 nitrogen and oxygen atoms in total. The summed E-state index contributed by atoms with van der Waals surface area (Å²) < 4.78 is 27.4. The van der Waals surface area contributed by atoms with Crippen LogP contribution in [-0.4, -0.2) is 18.4 Å². The molecular weight excluding hydrogens is 392 g/mol. The Morgan fingerprint density at radius 2 is 1.57 bits per heavy atom. The van der Waals surface area contributed by atoms with Crippen LogP contribution in [0.3, 0.4) is 0 Å². The smallest absolute Gasteiger partial charge is 0.271 e. The van der Waals surface area contributed by atoms with E-state index in [2.05, 4.69) is 20.0 Å². The summed E-state index contributed by atoms with van der Waals surface area (Å²) in [6.07, 6.45) is 1.51. The molecule has 2 aromatic heterocycles. The summed E-state index contributed by atoms with van der Waals surface area (Å²) in [5.74, 6) is 0.653. The molecule has 0 fully saturated rings. The molecule has 0 saturated carbocycles. The Morgan fingerprint density at radius 3 is 2.29 bits per heavy atom. The third-order valence-electron chi connectivity index (χ3n) is 3.91. The lowest BCUT2D eigenvalue weighted by Crippen LogP contribution is -2.11. The summed E-state index contributed by atoms with van der Waals surface area (Å²) in [4.78, 5) is 8.55. The Kier molecular flexibility index (Phi) is 5.05. The lowest BCUT2D eigenvalue weighted by atomic mass is 10.1. The molecule has 0 atom stereocenters. The van der Waals surface area contributed by atoms with Crippen LogP contribution in [0.2, 0.25) is 0 Å². The molecule has 140 valence electrons. The first kappa shape index (κ1) is 18.1. The van der Waals surface area contributed by atoms with Crippen molar-refractivity contribution < 1.29 is 8.42 Å². The van der Waals surface area contributed by atoms with Gasteiger partial charge in [0.2, 0.25) is 0 Å². The number of sulfonamides is 1. The summed E-state index contributed by atoms with van der Waals surface area (Å²) in [5, 5.41) is 4.93. The van der Waals surface area contributed by atoms with E-state index in [0.717, 1.165) is 16.9 Å². The quantitative estimate of drug-likeness (QED) is 0.481. The molecule has 0 aliphatic carbocycles. The van der Waals surface area contributed by atoms with Crippen LogP contribution in [0.4, 0.5) is 17.2 Å². The van der Waals surface area contributed by atoms with Gasteiger partial charge in [-0.25, -0.2) is 18.4 Å². The highest BCUT2D eigenvalue weighted by molar-refractivity contribution is 7.94. The van der Waals surface area contributed by atoms with E-state index in [-0.39, 0.29) is 4.21 Å². The van der Waals surface area contributed by atoms with Gasteiger partial charge in [0.05, 0.1) is 5.69 Å². The van der Waals surface area contributed by atoms with Gasteiger partial charge in [-0.2, -0.15) is 0 Å². The van der Waals surface area contributed by atoms with Crippen LogP contribution in [0.5, 0.6) is 0 Å². The number of benzene rings is 2. The minimum absolute atomic E-state index is 0.282. The average Bonchev–Trinajstić information content (AvgIpc) is 3.26. The maximum absolute atomic E-state index is 12.3. The molecule has 0 aliphatic heterocycles. The minimum atomic E-state index is -3.55. The molecule has 0 spiro atoms. The zero-order valence-electron chi connectivity index (χ0n) is 14.6. The highest BCUT2D eigenvalue weighted by Crippen LogP contribution is 2.24. The summed E-state index contributed by atoms with van der Waals surface area (Å²) in [7, 11) is -3.55. The van der Waals surface area contributed by atoms with Gasteiger partial charge in [-0.3, -0.25) is 4.72 Å². The molecule has 0 unspecified atom stereocenters. The van der Waals surface area contributed by atoms with Crippen LogP contribution in [0.25, 0.3) is 11.3 Å². The van der Waals surface area contributed by atoms with Crippen LogP contribution in [0, 0.1) is 0 Å². The molecule has 0 saturated heterocycles. The molecule has 28 heavy (non-hydrogen) atoms. The number of nitrogens with zero attached hydrogens (tertiary/aromatic N) is 2. The SMILES string of the molecule is O=S(=O)(Nc1ccc(Nc2cc(-c3ccccc3)ncn2)cc1)c1cccs1. The fourth-order valence-electron chi connectivity index (χ4n) is 2.58. The molecule has 0 bridgehead atoms. The molecule has 0 radical (unpaired) electrons. The van der Waals surface area contributed by atoms with E-state index in [4.69, 9.17) is 0 Å². The lowest BCUT2D eigenvalue weighted by Gasteiger charge is -2.09. The molecule has 8 heteroatoms. The predicted molar refractivity (Wildman–Crippen MR) is 112 cm³/mol. The predicted octanol–water partition coefficient (Wildman–Crippen LogP) is 4.75. The second-order valence-corrected chi connectivity index (χ2v) is 8.75.